The fourth-order valence-electron chi connectivity index (χ4n) is 3.28. The van der Waals surface area contributed by atoms with Gasteiger partial charge in [0.15, 0.2) is 0 Å². The SMILES string of the molecule is CN(C)C(=O)Cc1nc(N(C)C2CC2)c2c3c(sc2n1)CCC3. The standard InChI is InChI=1S/C17H22N4OS/c1-20(2)14(22)9-13-18-16(21(3)10-7-8-10)15-11-5-4-6-12(11)23-17(15)19-13/h10H,4-9H2,1-3H3. The van der Waals surface area contributed by atoms with Crippen molar-refractivity contribution in [1.29, 1.82) is 0 Å². The minimum absolute atomic E-state index is 0.0495. The first kappa shape index (κ1) is 14.9. The predicted molar refractivity (Wildman–Crippen MR) is 93.3 cm³/mol. The third-order valence-electron chi connectivity index (χ3n) is 4.83. The molecule has 2 aliphatic rings. The predicted octanol–water partition coefficient (Wildman–Crippen LogP) is 2.41. The Morgan fingerprint density at radius 1 is 1.22 bits per heavy atom. The fourth-order valence-corrected chi connectivity index (χ4v) is 4.56. The number of aryl methyl sites for hydroxylation is 2. The summed E-state index contributed by atoms with van der Waals surface area (Å²) in [6.07, 6.45) is 6.29. The first-order valence-electron chi connectivity index (χ1n) is 8.28. The zero-order chi connectivity index (χ0) is 16.1. The molecule has 0 N–H and O–H groups in total. The van der Waals surface area contributed by atoms with E-state index in [9.17, 15) is 4.79 Å². The van der Waals surface area contributed by atoms with Crippen molar-refractivity contribution in [3.63, 3.8) is 0 Å². The molecule has 0 radical (unpaired) electrons. The minimum Gasteiger partial charge on any atom is -0.356 e. The molecule has 5 nitrogen and oxygen atoms in total. The summed E-state index contributed by atoms with van der Waals surface area (Å²) in [7, 11) is 5.69. The third kappa shape index (κ3) is 2.59. The number of anilines is 1. The maximum absolute atomic E-state index is 12.1. The summed E-state index contributed by atoms with van der Waals surface area (Å²) in [4.78, 5) is 28.0. The Kier molecular flexibility index (Phi) is 3.52. The van der Waals surface area contributed by atoms with E-state index in [4.69, 9.17) is 9.97 Å². The Morgan fingerprint density at radius 3 is 2.70 bits per heavy atom. The van der Waals surface area contributed by atoms with Gasteiger partial charge in [0.25, 0.3) is 0 Å². The van der Waals surface area contributed by atoms with Crippen LogP contribution in [0.1, 0.15) is 35.5 Å². The van der Waals surface area contributed by atoms with Crippen molar-refractivity contribution in [2.45, 2.75) is 44.6 Å². The molecular formula is C17H22N4OS. The summed E-state index contributed by atoms with van der Waals surface area (Å²) in [5, 5.41) is 1.25. The van der Waals surface area contributed by atoms with Crippen LogP contribution in [0.4, 0.5) is 5.82 Å². The highest BCUT2D eigenvalue weighted by atomic mass is 32.1. The van der Waals surface area contributed by atoms with Gasteiger partial charge in [-0.3, -0.25) is 4.79 Å². The topological polar surface area (TPSA) is 49.3 Å². The molecule has 0 spiro atoms. The van der Waals surface area contributed by atoms with Gasteiger partial charge in [0.2, 0.25) is 5.91 Å². The van der Waals surface area contributed by atoms with Crippen molar-refractivity contribution >= 4 is 33.3 Å². The van der Waals surface area contributed by atoms with Crippen molar-refractivity contribution in [3.8, 4) is 0 Å². The molecule has 4 rings (SSSR count). The lowest BCUT2D eigenvalue weighted by Crippen LogP contribution is -2.26. The number of carbonyl (C=O) groups excluding carboxylic acids is 1. The first-order chi connectivity index (χ1) is 11.0. The molecule has 2 heterocycles. The Hall–Kier alpha value is -1.69. The van der Waals surface area contributed by atoms with E-state index >= 15 is 0 Å². The highest BCUT2D eigenvalue weighted by molar-refractivity contribution is 7.19. The minimum atomic E-state index is 0.0495. The van der Waals surface area contributed by atoms with Gasteiger partial charge in [-0.1, -0.05) is 0 Å². The molecule has 0 aliphatic heterocycles. The van der Waals surface area contributed by atoms with Crippen LogP contribution in [0.2, 0.25) is 0 Å². The number of nitrogens with zero attached hydrogens (tertiary/aromatic N) is 4. The number of fused-ring (bicyclic) bond motifs is 3. The highest BCUT2D eigenvalue weighted by Gasteiger charge is 2.31. The van der Waals surface area contributed by atoms with Crippen molar-refractivity contribution in [3.05, 3.63) is 16.3 Å². The molecule has 0 saturated heterocycles. The van der Waals surface area contributed by atoms with E-state index in [1.807, 2.05) is 0 Å². The maximum Gasteiger partial charge on any atom is 0.229 e. The number of carbonyl (C=O) groups is 1. The molecule has 6 heteroatoms. The number of hydrogen-bond acceptors (Lipinski definition) is 5. The van der Waals surface area contributed by atoms with Crippen LogP contribution in [0.25, 0.3) is 10.2 Å². The number of likely N-dealkylation sites (N-methyl/N-ethyl adjacent to an activating group) is 1. The van der Waals surface area contributed by atoms with Crippen LogP contribution in [-0.2, 0) is 24.1 Å². The molecule has 0 unspecified atom stereocenters. The van der Waals surface area contributed by atoms with E-state index in [0.717, 1.165) is 23.5 Å². The first-order valence-corrected chi connectivity index (χ1v) is 9.10. The quantitative estimate of drug-likeness (QED) is 0.864. The summed E-state index contributed by atoms with van der Waals surface area (Å²) >= 11 is 1.80. The van der Waals surface area contributed by atoms with Crippen LogP contribution in [0.3, 0.4) is 0 Å². The molecule has 23 heavy (non-hydrogen) atoms. The molecule has 2 aliphatic carbocycles. The second kappa shape index (κ2) is 5.44. The Balaban J connectivity index is 1.82. The van der Waals surface area contributed by atoms with Crippen LogP contribution in [-0.4, -0.2) is 48.0 Å². The van der Waals surface area contributed by atoms with Gasteiger partial charge in [-0.05, 0) is 37.7 Å². The number of aromatic nitrogens is 2. The van der Waals surface area contributed by atoms with E-state index in [1.165, 1.54) is 35.1 Å². The molecule has 0 atom stereocenters. The normalized spacial score (nSPS) is 16.7. The highest BCUT2D eigenvalue weighted by Crippen LogP contribution is 2.42. The molecule has 0 aromatic carbocycles. The Bertz CT molecular complexity index is 778. The van der Waals surface area contributed by atoms with Crippen molar-refractivity contribution in [1.82, 2.24) is 14.9 Å². The molecule has 122 valence electrons. The zero-order valence-corrected chi connectivity index (χ0v) is 14.7. The molecule has 1 fully saturated rings. The van der Waals surface area contributed by atoms with Gasteiger partial charge < -0.3 is 9.80 Å². The molecular weight excluding hydrogens is 308 g/mol. The molecule has 2 aromatic rings. The fraction of sp³-hybridized carbons (Fsp3) is 0.588. The zero-order valence-electron chi connectivity index (χ0n) is 13.9. The van der Waals surface area contributed by atoms with Gasteiger partial charge in [0.05, 0.1) is 11.8 Å². The second-order valence-electron chi connectivity index (χ2n) is 6.81. The number of hydrogen-bond donors (Lipinski definition) is 0. The van der Waals surface area contributed by atoms with Crippen LogP contribution in [0.5, 0.6) is 0 Å². The summed E-state index contributed by atoms with van der Waals surface area (Å²) in [5.41, 5.74) is 1.46. The van der Waals surface area contributed by atoms with Gasteiger partial charge in [-0.15, -0.1) is 11.3 Å². The van der Waals surface area contributed by atoms with Crippen LogP contribution in [0.15, 0.2) is 0 Å². The Morgan fingerprint density at radius 2 is 2.00 bits per heavy atom. The van der Waals surface area contributed by atoms with Crippen LogP contribution >= 0.6 is 11.3 Å². The lowest BCUT2D eigenvalue weighted by atomic mass is 10.1. The van der Waals surface area contributed by atoms with Crippen molar-refractivity contribution in [2.24, 2.45) is 0 Å². The van der Waals surface area contributed by atoms with Crippen LogP contribution in [0, 0.1) is 0 Å². The monoisotopic (exact) mass is 330 g/mol. The average Bonchev–Trinajstić information content (AvgIpc) is 3.16. The van der Waals surface area contributed by atoms with Gasteiger partial charge in [0.1, 0.15) is 16.5 Å². The number of rotatable bonds is 4. The summed E-state index contributed by atoms with van der Waals surface area (Å²) in [6.45, 7) is 0. The van der Waals surface area contributed by atoms with Gasteiger partial charge >= 0.3 is 0 Å². The van der Waals surface area contributed by atoms with Gasteiger partial charge in [-0.25, -0.2) is 9.97 Å². The van der Waals surface area contributed by atoms with E-state index in [-0.39, 0.29) is 12.3 Å². The third-order valence-corrected chi connectivity index (χ3v) is 6.01. The van der Waals surface area contributed by atoms with E-state index in [0.29, 0.717) is 11.9 Å². The average molecular weight is 330 g/mol. The number of thiophene rings is 1. The van der Waals surface area contributed by atoms with Crippen LogP contribution < -0.4 is 4.90 Å². The largest absolute Gasteiger partial charge is 0.356 e. The van der Waals surface area contributed by atoms with Gasteiger partial charge in [0, 0.05) is 32.1 Å². The molecule has 0 bridgehead atoms. The van der Waals surface area contributed by atoms with E-state index in [2.05, 4.69) is 11.9 Å². The second-order valence-corrected chi connectivity index (χ2v) is 7.89. The lowest BCUT2D eigenvalue weighted by Gasteiger charge is -2.20. The molecule has 1 saturated carbocycles. The van der Waals surface area contributed by atoms with Crippen molar-refractivity contribution < 1.29 is 4.79 Å². The lowest BCUT2D eigenvalue weighted by molar-refractivity contribution is -0.128. The molecule has 2 aromatic heterocycles. The van der Waals surface area contributed by atoms with E-state index < -0.39 is 0 Å². The number of amides is 1. The van der Waals surface area contributed by atoms with E-state index in [1.54, 1.807) is 30.3 Å². The summed E-state index contributed by atoms with van der Waals surface area (Å²) in [5.74, 6) is 1.74. The van der Waals surface area contributed by atoms with Crippen molar-refractivity contribution in [2.75, 3.05) is 26.0 Å². The Labute approximate surface area is 140 Å². The smallest absolute Gasteiger partial charge is 0.229 e. The summed E-state index contributed by atoms with van der Waals surface area (Å²) in [6, 6.07) is 0.599. The molecule has 1 amide bonds. The van der Waals surface area contributed by atoms with Gasteiger partial charge in [-0.2, -0.15) is 0 Å². The maximum atomic E-state index is 12.1. The summed E-state index contributed by atoms with van der Waals surface area (Å²) < 4.78 is 0.